The number of ether oxygens (including phenoxy) is 1. The van der Waals surface area contributed by atoms with E-state index >= 15 is 0 Å². The van der Waals surface area contributed by atoms with Gasteiger partial charge in [-0.15, -0.1) is 0 Å². The fourth-order valence-electron chi connectivity index (χ4n) is 2.66. The first kappa shape index (κ1) is 15.8. The third-order valence-corrected chi connectivity index (χ3v) is 5.47. The third-order valence-electron chi connectivity index (χ3n) is 3.79. The fourth-order valence-corrected chi connectivity index (χ4v) is 4.28. The van der Waals surface area contributed by atoms with Gasteiger partial charge in [-0.25, -0.2) is 17.9 Å². The number of nitrogens with one attached hydrogen (secondary N) is 1. The molecule has 116 valence electrons. The molecule has 0 bridgehead atoms. The molecule has 1 fully saturated rings. The van der Waals surface area contributed by atoms with Gasteiger partial charge in [0.1, 0.15) is 10.6 Å². The molecular weight excluding hydrogens is 294 g/mol. The van der Waals surface area contributed by atoms with Gasteiger partial charge in [0.15, 0.2) is 0 Å². The Labute approximate surface area is 124 Å². The zero-order chi connectivity index (χ0) is 15.7. The summed E-state index contributed by atoms with van der Waals surface area (Å²) >= 11 is 0. The molecule has 0 aliphatic heterocycles. The summed E-state index contributed by atoms with van der Waals surface area (Å²) in [5, 5.41) is 8.95. The van der Waals surface area contributed by atoms with Gasteiger partial charge in [-0.1, -0.05) is 12.8 Å². The van der Waals surface area contributed by atoms with Crippen LogP contribution in [0, 0.1) is 0 Å². The molecule has 0 unspecified atom stereocenters. The number of hydrogen-bond donors (Lipinski definition) is 2. The van der Waals surface area contributed by atoms with Gasteiger partial charge in [-0.05, 0) is 38.0 Å². The Kier molecular flexibility index (Phi) is 4.25. The zero-order valence-electron chi connectivity index (χ0n) is 12.0. The summed E-state index contributed by atoms with van der Waals surface area (Å²) in [4.78, 5) is 10.9. The smallest absolute Gasteiger partial charge is 0.335 e. The molecule has 0 amide bonds. The lowest BCUT2D eigenvalue weighted by atomic mass is 10.0. The Morgan fingerprint density at radius 3 is 2.48 bits per heavy atom. The number of aromatic carboxylic acids is 1. The Hall–Kier alpha value is -1.60. The van der Waals surface area contributed by atoms with Crippen molar-refractivity contribution >= 4 is 16.0 Å². The standard InChI is InChI=1S/C14H19NO5S/c1-14(7-3-4-8-14)15-21(18,19)12-6-5-10(13(16)17)9-11(12)20-2/h5-6,9,15H,3-4,7-8H2,1-2H3,(H,16,17). The maximum atomic E-state index is 12.5. The van der Waals surface area contributed by atoms with Crippen molar-refractivity contribution in [3.05, 3.63) is 23.8 Å². The summed E-state index contributed by atoms with van der Waals surface area (Å²) < 4.78 is 32.8. The number of sulfonamides is 1. The van der Waals surface area contributed by atoms with Crippen LogP contribution in [0.2, 0.25) is 0 Å². The molecule has 1 aromatic carbocycles. The molecule has 1 saturated carbocycles. The molecule has 0 aromatic heterocycles. The van der Waals surface area contributed by atoms with Gasteiger partial charge in [0, 0.05) is 5.54 Å². The molecule has 2 N–H and O–H groups in total. The van der Waals surface area contributed by atoms with Crippen molar-refractivity contribution in [2.75, 3.05) is 7.11 Å². The van der Waals surface area contributed by atoms with Crippen molar-refractivity contribution in [3.63, 3.8) is 0 Å². The quantitative estimate of drug-likeness (QED) is 0.867. The minimum atomic E-state index is -3.76. The lowest BCUT2D eigenvalue weighted by Crippen LogP contribution is -2.43. The second kappa shape index (κ2) is 5.65. The molecule has 0 heterocycles. The van der Waals surface area contributed by atoms with Crippen molar-refractivity contribution in [1.29, 1.82) is 0 Å². The first-order valence-corrected chi connectivity index (χ1v) is 8.21. The average molecular weight is 313 g/mol. The van der Waals surface area contributed by atoms with Gasteiger partial charge >= 0.3 is 5.97 Å². The van der Waals surface area contributed by atoms with E-state index in [1.165, 1.54) is 25.3 Å². The van der Waals surface area contributed by atoms with E-state index < -0.39 is 21.5 Å². The van der Waals surface area contributed by atoms with Crippen molar-refractivity contribution < 1.29 is 23.1 Å². The first-order valence-electron chi connectivity index (χ1n) is 6.73. The molecule has 0 atom stereocenters. The fraction of sp³-hybridized carbons (Fsp3) is 0.500. The van der Waals surface area contributed by atoms with Gasteiger partial charge in [-0.2, -0.15) is 0 Å². The number of hydrogen-bond acceptors (Lipinski definition) is 4. The highest BCUT2D eigenvalue weighted by Crippen LogP contribution is 2.32. The second-order valence-electron chi connectivity index (χ2n) is 5.54. The maximum Gasteiger partial charge on any atom is 0.335 e. The van der Waals surface area contributed by atoms with Crippen molar-refractivity contribution in [2.24, 2.45) is 0 Å². The molecule has 7 heteroatoms. The van der Waals surface area contributed by atoms with E-state index in [0.29, 0.717) is 0 Å². The summed E-state index contributed by atoms with van der Waals surface area (Å²) in [6.45, 7) is 1.88. The van der Waals surface area contributed by atoms with E-state index in [0.717, 1.165) is 25.7 Å². The van der Waals surface area contributed by atoms with E-state index in [9.17, 15) is 13.2 Å². The lowest BCUT2D eigenvalue weighted by Gasteiger charge is -2.25. The van der Waals surface area contributed by atoms with Gasteiger partial charge in [0.25, 0.3) is 0 Å². The predicted molar refractivity (Wildman–Crippen MR) is 77.1 cm³/mol. The van der Waals surface area contributed by atoms with Crippen LogP contribution in [0.15, 0.2) is 23.1 Å². The van der Waals surface area contributed by atoms with Crippen molar-refractivity contribution in [2.45, 2.75) is 43.0 Å². The summed E-state index contributed by atoms with van der Waals surface area (Å²) in [5.74, 6) is -1.10. The minimum absolute atomic E-state index is 0.0159. The molecular formula is C14H19NO5S. The normalized spacial score (nSPS) is 17.6. The Morgan fingerprint density at radius 1 is 1.33 bits per heavy atom. The van der Waals surface area contributed by atoms with Crippen LogP contribution in [0.5, 0.6) is 5.75 Å². The summed E-state index contributed by atoms with van der Waals surface area (Å²) in [6.07, 6.45) is 3.58. The molecule has 2 rings (SSSR count). The van der Waals surface area contributed by atoms with E-state index in [4.69, 9.17) is 9.84 Å². The molecule has 1 aromatic rings. The summed E-state index contributed by atoms with van der Waals surface area (Å²) in [5.41, 5.74) is -0.465. The molecule has 1 aliphatic carbocycles. The van der Waals surface area contributed by atoms with Crippen molar-refractivity contribution in [1.82, 2.24) is 4.72 Å². The van der Waals surface area contributed by atoms with Crippen LogP contribution in [0.4, 0.5) is 0 Å². The molecule has 0 radical (unpaired) electrons. The van der Waals surface area contributed by atoms with Crippen LogP contribution in [0.3, 0.4) is 0 Å². The Morgan fingerprint density at radius 2 is 1.95 bits per heavy atom. The number of carbonyl (C=O) groups is 1. The SMILES string of the molecule is COc1cc(C(=O)O)ccc1S(=O)(=O)NC1(C)CCCC1. The summed E-state index contributed by atoms with van der Waals surface area (Å²) in [6, 6.07) is 3.74. The third kappa shape index (κ3) is 3.36. The molecule has 1 aliphatic rings. The highest BCUT2D eigenvalue weighted by molar-refractivity contribution is 7.89. The van der Waals surface area contributed by atoms with Crippen LogP contribution < -0.4 is 9.46 Å². The monoisotopic (exact) mass is 313 g/mol. The van der Waals surface area contributed by atoms with Gasteiger partial charge in [-0.3, -0.25) is 0 Å². The van der Waals surface area contributed by atoms with E-state index in [2.05, 4.69) is 4.72 Å². The Bertz CT molecular complexity index is 647. The van der Waals surface area contributed by atoms with Crippen molar-refractivity contribution in [3.8, 4) is 5.75 Å². The van der Waals surface area contributed by atoms with Crippen LogP contribution in [-0.4, -0.2) is 32.1 Å². The number of benzene rings is 1. The molecule has 21 heavy (non-hydrogen) atoms. The molecule has 6 nitrogen and oxygen atoms in total. The number of methoxy groups -OCH3 is 1. The zero-order valence-corrected chi connectivity index (χ0v) is 12.9. The van der Waals surface area contributed by atoms with Gasteiger partial charge < -0.3 is 9.84 Å². The highest BCUT2D eigenvalue weighted by atomic mass is 32.2. The van der Waals surface area contributed by atoms with E-state index in [1.807, 2.05) is 6.92 Å². The van der Waals surface area contributed by atoms with Crippen LogP contribution in [-0.2, 0) is 10.0 Å². The summed E-state index contributed by atoms with van der Waals surface area (Å²) in [7, 11) is -2.44. The average Bonchev–Trinajstić information content (AvgIpc) is 2.83. The van der Waals surface area contributed by atoms with E-state index in [-0.39, 0.29) is 16.2 Å². The predicted octanol–water partition coefficient (Wildman–Crippen LogP) is 2.00. The molecule has 0 spiro atoms. The topological polar surface area (TPSA) is 92.7 Å². The maximum absolute atomic E-state index is 12.5. The molecule has 0 saturated heterocycles. The van der Waals surface area contributed by atoms with E-state index in [1.54, 1.807) is 0 Å². The first-order chi connectivity index (χ1) is 9.77. The largest absolute Gasteiger partial charge is 0.495 e. The minimum Gasteiger partial charge on any atom is -0.495 e. The second-order valence-corrected chi connectivity index (χ2v) is 7.19. The van der Waals surface area contributed by atoms with Crippen LogP contribution >= 0.6 is 0 Å². The highest BCUT2D eigenvalue weighted by Gasteiger charge is 2.34. The van der Waals surface area contributed by atoms with Crippen LogP contribution in [0.1, 0.15) is 43.0 Å². The number of rotatable bonds is 5. The number of carboxylic acid groups (broad SMARTS) is 1. The van der Waals surface area contributed by atoms with Crippen LogP contribution in [0.25, 0.3) is 0 Å². The van der Waals surface area contributed by atoms with Gasteiger partial charge in [0.2, 0.25) is 10.0 Å². The lowest BCUT2D eigenvalue weighted by molar-refractivity contribution is 0.0696. The number of carboxylic acids is 1. The Balaban J connectivity index is 2.37. The van der Waals surface area contributed by atoms with Gasteiger partial charge in [0.05, 0.1) is 12.7 Å².